The molecule has 0 bridgehead atoms. The maximum absolute atomic E-state index is 13.3. The van der Waals surface area contributed by atoms with Gasteiger partial charge < -0.3 is 4.90 Å². The van der Waals surface area contributed by atoms with E-state index in [-0.39, 0.29) is 35.4 Å². The van der Waals surface area contributed by atoms with Gasteiger partial charge in [-0.3, -0.25) is 4.79 Å². The zero-order valence-corrected chi connectivity index (χ0v) is 22.3. The van der Waals surface area contributed by atoms with Crippen LogP contribution in [-0.4, -0.2) is 52.5 Å². The van der Waals surface area contributed by atoms with Crippen molar-refractivity contribution in [1.82, 2.24) is 25.1 Å². The lowest BCUT2D eigenvalue weighted by atomic mass is 9.94. The van der Waals surface area contributed by atoms with Gasteiger partial charge in [-0.15, -0.1) is 34.2 Å². The highest BCUT2D eigenvalue weighted by Gasteiger charge is 2.31. The average Bonchev–Trinajstić information content (AvgIpc) is 3.42. The van der Waals surface area contributed by atoms with Gasteiger partial charge in [0.05, 0.1) is 12.1 Å². The van der Waals surface area contributed by atoms with Crippen molar-refractivity contribution in [3.05, 3.63) is 51.7 Å². The summed E-state index contributed by atoms with van der Waals surface area (Å²) in [7, 11) is -3.84. The third-order valence-corrected chi connectivity index (χ3v) is 9.64. The number of amides is 1. The van der Waals surface area contributed by atoms with Crippen LogP contribution in [0.15, 0.2) is 33.4 Å². The molecule has 9 nitrogen and oxygen atoms in total. The predicted molar refractivity (Wildman–Crippen MR) is 133 cm³/mol. The number of aromatic nitrogens is 4. The van der Waals surface area contributed by atoms with Crippen LogP contribution >= 0.6 is 24.0 Å². The number of hydrogen-bond acceptors (Lipinski definition) is 8. The number of rotatable bonds is 7. The number of carbonyl (C=O) groups is 1. The first-order chi connectivity index (χ1) is 17.3. The Kier molecular flexibility index (Phi) is 7.97. The third-order valence-electron chi connectivity index (χ3n) is 6.21. The molecule has 1 aliphatic heterocycles. The highest BCUT2D eigenvalue weighted by molar-refractivity contribution is 7.92. The van der Waals surface area contributed by atoms with Crippen molar-refractivity contribution in [2.45, 2.75) is 60.4 Å². The van der Waals surface area contributed by atoms with E-state index in [1.807, 2.05) is 0 Å². The number of hydrogen-bond donors (Lipinski definition) is 2. The molecule has 200 valence electrons. The molecule has 1 amide bonds. The van der Waals surface area contributed by atoms with E-state index in [1.54, 1.807) is 17.9 Å². The zero-order chi connectivity index (χ0) is 27.0. The van der Waals surface area contributed by atoms with E-state index in [1.165, 1.54) is 10.9 Å². The quantitative estimate of drug-likeness (QED) is 0.417. The van der Waals surface area contributed by atoms with E-state index >= 15 is 0 Å². The first kappa shape index (κ1) is 27.5. The largest absolute Gasteiger partial charge is 0.416 e. The molecule has 3 aromatic rings. The van der Waals surface area contributed by atoms with Gasteiger partial charge in [-0.2, -0.15) is 18.0 Å². The molecular formula is C22H25F3N6O3S3. The minimum absolute atomic E-state index is 0.00807. The second-order valence-corrected chi connectivity index (χ2v) is 12.2. The molecule has 3 heterocycles. The van der Waals surface area contributed by atoms with Crippen LogP contribution in [0, 0.1) is 6.92 Å². The van der Waals surface area contributed by atoms with Gasteiger partial charge >= 0.3 is 6.18 Å². The van der Waals surface area contributed by atoms with Crippen LogP contribution < -0.4 is 5.14 Å². The van der Waals surface area contributed by atoms with Gasteiger partial charge in [0, 0.05) is 29.3 Å². The lowest BCUT2D eigenvalue weighted by Gasteiger charge is -2.31. The molecule has 0 atom stereocenters. The third kappa shape index (κ3) is 6.69. The number of nitrogens with two attached hydrogens (primary N) is 1. The number of carbonyl (C=O) groups excluding carboxylic acids is 1. The predicted octanol–water partition coefficient (Wildman–Crippen LogP) is 3.39. The smallest absolute Gasteiger partial charge is 0.343 e. The van der Waals surface area contributed by atoms with E-state index < -0.39 is 21.8 Å². The molecule has 2 aromatic heterocycles. The Labute approximate surface area is 221 Å². The number of piperidine rings is 1. The van der Waals surface area contributed by atoms with Crippen molar-refractivity contribution in [3.63, 3.8) is 0 Å². The maximum Gasteiger partial charge on any atom is 0.416 e. The summed E-state index contributed by atoms with van der Waals surface area (Å²) in [6.45, 7) is 2.63. The van der Waals surface area contributed by atoms with E-state index in [0.717, 1.165) is 28.3 Å². The second-order valence-electron chi connectivity index (χ2n) is 8.87. The molecule has 4 rings (SSSR count). The van der Waals surface area contributed by atoms with Gasteiger partial charge in [0.2, 0.25) is 15.9 Å². The van der Waals surface area contributed by atoms with Crippen molar-refractivity contribution in [2.75, 3.05) is 13.1 Å². The molecule has 0 saturated carbocycles. The van der Waals surface area contributed by atoms with Crippen molar-refractivity contribution >= 4 is 39.9 Å². The summed E-state index contributed by atoms with van der Waals surface area (Å²) in [5.74, 6) is 0.405. The van der Waals surface area contributed by atoms with Crippen LogP contribution in [0.1, 0.15) is 52.6 Å². The molecule has 1 aromatic carbocycles. The van der Waals surface area contributed by atoms with Gasteiger partial charge in [0.25, 0.3) is 0 Å². The molecule has 1 aliphatic rings. The Morgan fingerprint density at radius 1 is 1.22 bits per heavy atom. The number of thiol groups is 1. The van der Waals surface area contributed by atoms with Crippen LogP contribution in [0.5, 0.6) is 0 Å². The highest BCUT2D eigenvalue weighted by Crippen LogP contribution is 2.38. The number of aryl methyl sites for hydroxylation is 2. The number of nitrogens with zero attached hydrogens (tertiary/aromatic N) is 5. The molecule has 0 unspecified atom stereocenters. The standard InChI is InChI=1S/C22H25F3N6O3S3/c1-13-27-29-31(28-13)12-16-10-17(22(23,24)25)4-2-14(16)3-5-20(32)30-8-6-15(7-9-30)19-11-18(35)21(36-19)37(26,33)34/h2,4,10-11,15,35H,3,5-9,12H2,1H3,(H2,26,33,34). The molecule has 0 spiro atoms. The number of primary sulfonamides is 1. The fraction of sp³-hybridized carbons (Fsp3) is 0.455. The first-order valence-corrected chi connectivity index (χ1v) is 14.2. The maximum atomic E-state index is 13.3. The normalized spacial score (nSPS) is 15.4. The Morgan fingerprint density at radius 2 is 1.92 bits per heavy atom. The number of likely N-dealkylation sites (tertiary alicyclic amines) is 1. The van der Waals surface area contributed by atoms with Crippen LogP contribution in [0.3, 0.4) is 0 Å². The number of thiophene rings is 1. The van der Waals surface area contributed by atoms with Crippen LogP contribution in [-0.2, 0) is 34.0 Å². The number of sulfonamides is 1. The SMILES string of the molecule is Cc1nnn(Cc2cc(C(F)(F)F)ccc2CCC(=O)N2CCC(c3cc(S)c(S(N)(=O)=O)s3)CC2)n1. The summed E-state index contributed by atoms with van der Waals surface area (Å²) in [6.07, 6.45) is -2.77. The van der Waals surface area contributed by atoms with Crippen LogP contribution in [0.4, 0.5) is 13.2 Å². The monoisotopic (exact) mass is 574 g/mol. The van der Waals surface area contributed by atoms with E-state index in [4.69, 9.17) is 5.14 Å². The summed E-state index contributed by atoms with van der Waals surface area (Å²) < 4.78 is 63.3. The van der Waals surface area contributed by atoms with Gasteiger partial charge in [-0.25, -0.2) is 13.6 Å². The topological polar surface area (TPSA) is 124 Å². The molecule has 0 radical (unpaired) electrons. The minimum Gasteiger partial charge on any atom is -0.343 e. The van der Waals surface area contributed by atoms with Gasteiger partial charge in [0.15, 0.2) is 5.82 Å². The molecule has 37 heavy (non-hydrogen) atoms. The summed E-state index contributed by atoms with van der Waals surface area (Å²) in [5.41, 5.74) is 0.214. The number of alkyl halides is 3. The summed E-state index contributed by atoms with van der Waals surface area (Å²) in [5, 5.41) is 16.9. The summed E-state index contributed by atoms with van der Waals surface area (Å²) in [6, 6.07) is 5.20. The lowest BCUT2D eigenvalue weighted by Crippen LogP contribution is -2.37. The second kappa shape index (κ2) is 10.7. The Bertz CT molecular complexity index is 1400. The summed E-state index contributed by atoms with van der Waals surface area (Å²) in [4.78, 5) is 17.1. The van der Waals surface area contributed by atoms with Crippen LogP contribution in [0.25, 0.3) is 0 Å². The zero-order valence-electron chi connectivity index (χ0n) is 19.8. The van der Waals surface area contributed by atoms with Gasteiger partial charge in [0.1, 0.15) is 4.21 Å². The molecule has 1 saturated heterocycles. The highest BCUT2D eigenvalue weighted by atomic mass is 32.2. The van der Waals surface area contributed by atoms with E-state index in [0.29, 0.717) is 47.8 Å². The molecular weight excluding hydrogens is 549 g/mol. The fourth-order valence-electron chi connectivity index (χ4n) is 4.34. The molecule has 0 aliphatic carbocycles. The van der Waals surface area contributed by atoms with Crippen molar-refractivity contribution in [3.8, 4) is 0 Å². The Balaban J connectivity index is 1.39. The van der Waals surface area contributed by atoms with Crippen molar-refractivity contribution in [1.29, 1.82) is 0 Å². The summed E-state index contributed by atoms with van der Waals surface area (Å²) >= 11 is 5.33. The number of tetrazole rings is 1. The number of halogens is 3. The molecule has 1 fully saturated rings. The minimum atomic E-state index is -4.50. The first-order valence-electron chi connectivity index (χ1n) is 11.4. The molecule has 2 N–H and O–H groups in total. The van der Waals surface area contributed by atoms with E-state index in [9.17, 15) is 26.4 Å². The Hall–Kier alpha value is -2.49. The lowest BCUT2D eigenvalue weighted by molar-refractivity contribution is -0.137. The molecule has 15 heteroatoms. The van der Waals surface area contributed by atoms with Crippen LogP contribution in [0.2, 0.25) is 0 Å². The number of benzene rings is 1. The fourth-order valence-corrected chi connectivity index (χ4v) is 7.14. The van der Waals surface area contributed by atoms with Crippen molar-refractivity contribution in [2.24, 2.45) is 5.14 Å². The average molecular weight is 575 g/mol. The van der Waals surface area contributed by atoms with Gasteiger partial charge in [-0.1, -0.05) is 6.07 Å². The Morgan fingerprint density at radius 3 is 2.49 bits per heavy atom. The van der Waals surface area contributed by atoms with E-state index in [2.05, 4.69) is 28.0 Å². The van der Waals surface area contributed by atoms with Crippen molar-refractivity contribution < 1.29 is 26.4 Å². The van der Waals surface area contributed by atoms with Gasteiger partial charge in [-0.05, 0) is 66.6 Å².